The van der Waals surface area contributed by atoms with Crippen molar-refractivity contribution in [3.05, 3.63) is 71.7 Å². The Morgan fingerprint density at radius 1 is 1.25 bits per heavy atom. The number of carbonyl (C=O) groups is 1. The number of amides is 1. The highest BCUT2D eigenvalue weighted by Gasteiger charge is 2.04. The largest absolute Gasteiger partial charge is 0.404 e. The Hall–Kier alpha value is -2.94. The maximum atomic E-state index is 12.2. The molecule has 0 bridgehead atoms. The van der Waals surface area contributed by atoms with Gasteiger partial charge in [-0.15, -0.1) is 0 Å². The van der Waals surface area contributed by atoms with Crippen molar-refractivity contribution in [1.82, 2.24) is 10.3 Å². The van der Waals surface area contributed by atoms with Crippen LogP contribution in [0.15, 0.2) is 55.0 Å². The maximum absolute atomic E-state index is 12.2. The van der Waals surface area contributed by atoms with Crippen molar-refractivity contribution in [3.8, 4) is 0 Å². The van der Waals surface area contributed by atoms with E-state index >= 15 is 0 Å². The third-order valence-corrected chi connectivity index (χ3v) is 4.30. The molecule has 8 heteroatoms. The fourth-order valence-electron chi connectivity index (χ4n) is 2.44. The number of aromatic nitrogens is 1. The fraction of sp³-hybridized carbons (Fsp3) is 0.150. The number of anilines is 1. The van der Waals surface area contributed by atoms with Gasteiger partial charge in [-0.1, -0.05) is 24.1 Å². The average molecular weight is 397 g/mol. The second-order valence-corrected chi connectivity index (χ2v) is 6.54. The molecule has 0 atom stereocenters. The number of benzene rings is 1. The van der Waals surface area contributed by atoms with Gasteiger partial charge in [-0.05, 0) is 35.4 Å². The first-order chi connectivity index (χ1) is 13.7. The van der Waals surface area contributed by atoms with Crippen LogP contribution in [0.2, 0.25) is 0 Å². The quantitative estimate of drug-likeness (QED) is 0.181. The predicted octanol–water partition coefficient (Wildman–Crippen LogP) is 2.38. The van der Waals surface area contributed by atoms with Crippen molar-refractivity contribution in [2.75, 3.05) is 17.6 Å². The van der Waals surface area contributed by atoms with Crippen molar-refractivity contribution < 1.29 is 4.79 Å². The summed E-state index contributed by atoms with van der Waals surface area (Å²) in [5.41, 5.74) is 9.39. The van der Waals surface area contributed by atoms with Crippen LogP contribution in [0.5, 0.6) is 0 Å². The van der Waals surface area contributed by atoms with Crippen LogP contribution < -0.4 is 21.5 Å². The molecule has 0 fully saturated rings. The van der Waals surface area contributed by atoms with E-state index in [4.69, 9.17) is 16.3 Å². The Morgan fingerprint density at radius 2 is 2.04 bits per heavy atom. The summed E-state index contributed by atoms with van der Waals surface area (Å²) < 4.78 is 0. The van der Waals surface area contributed by atoms with Gasteiger partial charge in [0.25, 0.3) is 0 Å². The molecule has 0 spiro atoms. The van der Waals surface area contributed by atoms with Crippen molar-refractivity contribution >= 4 is 41.4 Å². The molecule has 0 saturated carbocycles. The lowest BCUT2D eigenvalue weighted by molar-refractivity contribution is -0.111. The van der Waals surface area contributed by atoms with E-state index in [1.165, 1.54) is 24.2 Å². The second-order valence-electron chi connectivity index (χ2n) is 5.80. The van der Waals surface area contributed by atoms with E-state index in [9.17, 15) is 4.79 Å². The Bertz CT molecular complexity index is 848. The number of rotatable bonds is 10. The van der Waals surface area contributed by atoms with E-state index in [0.717, 1.165) is 36.2 Å². The molecule has 146 valence electrons. The molecule has 0 radical (unpaired) electrons. The highest BCUT2D eigenvalue weighted by atomic mass is 32.2. The summed E-state index contributed by atoms with van der Waals surface area (Å²) in [5.74, 6) is 0.607. The van der Waals surface area contributed by atoms with Gasteiger partial charge in [-0.3, -0.25) is 14.9 Å². The average Bonchev–Trinajstić information content (AvgIpc) is 2.72. The predicted molar refractivity (Wildman–Crippen MR) is 118 cm³/mol. The van der Waals surface area contributed by atoms with Crippen LogP contribution in [0.4, 0.5) is 5.69 Å². The summed E-state index contributed by atoms with van der Waals surface area (Å²) in [4.78, 5) is 16.3. The molecule has 7 nitrogen and oxygen atoms in total. The molecule has 0 aliphatic rings. The monoisotopic (exact) mass is 396 g/mol. The summed E-state index contributed by atoms with van der Waals surface area (Å²) >= 11 is 1.31. The van der Waals surface area contributed by atoms with Gasteiger partial charge in [0.2, 0.25) is 5.91 Å². The van der Waals surface area contributed by atoms with Crippen molar-refractivity contribution in [2.24, 2.45) is 10.9 Å². The van der Waals surface area contributed by atoms with Crippen LogP contribution in [0.25, 0.3) is 11.6 Å². The lowest BCUT2D eigenvalue weighted by Gasteiger charge is -2.07. The molecule has 1 aromatic heterocycles. The third-order valence-electron chi connectivity index (χ3n) is 3.86. The third kappa shape index (κ3) is 6.66. The van der Waals surface area contributed by atoms with E-state index in [1.54, 1.807) is 24.5 Å². The smallest absolute Gasteiger partial charge is 0.248 e. The molecule has 0 aliphatic carbocycles. The van der Waals surface area contributed by atoms with Gasteiger partial charge in [0.1, 0.15) is 0 Å². The molecule has 2 aromatic rings. The topological polar surface area (TPSA) is 130 Å². The van der Waals surface area contributed by atoms with Crippen LogP contribution >= 0.6 is 11.9 Å². The Labute approximate surface area is 168 Å². The molecule has 0 aliphatic heterocycles. The Balaban J connectivity index is 1.96. The molecule has 28 heavy (non-hydrogen) atoms. The Kier molecular flexibility index (Phi) is 8.93. The fourth-order valence-corrected chi connectivity index (χ4v) is 2.70. The maximum Gasteiger partial charge on any atom is 0.248 e. The van der Waals surface area contributed by atoms with Gasteiger partial charge < -0.3 is 21.8 Å². The molecule has 7 N–H and O–H groups in total. The molecule has 0 unspecified atom stereocenters. The van der Waals surface area contributed by atoms with Gasteiger partial charge in [0.05, 0.1) is 0 Å². The lowest BCUT2D eigenvalue weighted by atomic mass is 10.0. The molecular formula is C20H24N6OS. The number of nitrogens with two attached hydrogens (primary N) is 2. The number of hydrogen-bond acceptors (Lipinski definition) is 7. The number of allylic oxidation sites excluding steroid dienone is 1. The zero-order valence-corrected chi connectivity index (χ0v) is 16.2. The number of hydrogen-bond donors (Lipinski definition) is 5. The van der Waals surface area contributed by atoms with Gasteiger partial charge in [-0.25, -0.2) is 0 Å². The van der Waals surface area contributed by atoms with Crippen LogP contribution in [-0.2, 0) is 11.3 Å². The minimum absolute atomic E-state index is 0.256. The molecule has 0 saturated heterocycles. The first-order valence-corrected chi connectivity index (χ1v) is 9.70. The minimum atomic E-state index is -0.256. The van der Waals surface area contributed by atoms with E-state index in [-0.39, 0.29) is 5.91 Å². The summed E-state index contributed by atoms with van der Waals surface area (Å²) in [6, 6.07) is 9.40. The van der Waals surface area contributed by atoms with Gasteiger partial charge in [-0.2, -0.15) is 0 Å². The van der Waals surface area contributed by atoms with Crippen molar-refractivity contribution in [1.29, 1.82) is 5.41 Å². The highest BCUT2D eigenvalue weighted by molar-refractivity contribution is 7.97. The first-order valence-electron chi connectivity index (χ1n) is 8.65. The molecule has 1 amide bonds. The van der Waals surface area contributed by atoms with E-state index in [1.807, 2.05) is 24.3 Å². The zero-order chi connectivity index (χ0) is 20.2. The van der Waals surface area contributed by atoms with E-state index in [2.05, 4.69) is 15.6 Å². The SMILES string of the molecule is N=C/C(=C\N)c1ccncc1/C=C/C(=O)Nc1ccc(CNCCSN)cc1. The number of carbonyl (C=O) groups excluding carboxylic acids is 1. The molecule has 1 heterocycles. The van der Waals surface area contributed by atoms with Crippen molar-refractivity contribution in [2.45, 2.75) is 6.54 Å². The van der Waals surface area contributed by atoms with Gasteiger partial charge in [0.15, 0.2) is 0 Å². The van der Waals surface area contributed by atoms with Crippen LogP contribution in [0, 0.1) is 5.41 Å². The molecule has 1 aromatic carbocycles. The van der Waals surface area contributed by atoms with Crippen LogP contribution in [0.3, 0.4) is 0 Å². The first kappa shape index (κ1) is 21.4. The summed E-state index contributed by atoms with van der Waals surface area (Å²) in [6.07, 6.45) is 8.84. The highest BCUT2D eigenvalue weighted by Crippen LogP contribution is 2.17. The van der Waals surface area contributed by atoms with Gasteiger partial charge >= 0.3 is 0 Å². The zero-order valence-electron chi connectivity index (χ0n) is 15.4. The summed E-state index contributed by atoms with van der Waals surface area (Å²) in [6.45, 7) is 1.60. The second kappa shape index (κ2) is 11.7. The number of nitrogens with one attached hydrogen (secondary N) is 3. The van der Waals surface area contributed by atoms with Crippen molar-refractivity contribution in [3.63, 3.8) is 0 Å². The number of pyridine rings is 1. The lowest BCUT2D eigenvalue weighted by Crippen LogP contribution is -2.17. The molecule has 2 rings (SSSR count). The normalized spacial score (nSPS) is 11.5. The Morgan fingerprint density at radius 3 is 2.71 bits per heavy atom. The summed E-state index contributed by atoms with van der Waals surface area (Å²) in [5, 5.41) is 18.9. The minimum Gasteiger partial charge on any atom is -0.404 e. The molecular weight excluding hydrogens is 372 g/mol. The number of nitrogens with zero attached hydrogens (tertiary/aromatic N) is 1. The standard InChI is InChI=1S/C20H24N6OS/c21-11-17(12-22)19-7-8-24-14-16(19)3-6-20(27)26-18-4-1-15(2-5-18)13-25-9-10-28-23/h1-8,11-12,14,21,25H,9-10,13,22-23H2,(H,26,27)/b6-3+,17-12+,21-11?. The van der Waals surface area contributed by atoms with Crippen LogP contribution in [-0.4, -0.2) is 29.4 Å². The van der Waals surface area contributed by atoms with E-state index in [0.29, 0.717) is 16.8 Å². The van der Waals surface area contributed by atoms with Crippen LogP contribution in [0.1, 0.15) is 16.7 Å². The van der Waals surface area contributed by atoms with E-state index < -0.39 is 0 Å². The van der Waals surface area contributed by atoms with Gasteiger partial charge in [0, 0.05) is 66.6 Å². The summed E-state index contributed by atoms with van der Waals surface area (Å²) in [7, 11) is 0.